The van der Waals surface area contributed by atoms with E-state index in [1.54, 1.807) is 35.2 Å². The van der Waals surface area contributed by atoms with Crippen LogP contribution in [0.3, 0.4) is 0 Å². The third-order valence-electron chi connectivity index (χ3n) is 5.54. The zero-order chi connectivity index (χ0) is 24.3. The lowest BCUT2D eigenvalue weighted by Crippen LogP contribution is -2.50. The van der Waals surface area contributed by atoms with Crippen molar-refractivity contribution in [2.75, 3.05) is 26.7 Å². The molecule has 7 nitrogen and oxygen atoms in total. The van der Waals surface area contributed by atoms with Crippen molar-refractivity contribution in [2.45, 2.75) is 50.5 Å². The molecule has 0 saturated carbocycles. The van der Waals surface area contributed by atoms with Crippen LogP contribution in [0.15, 0.2) is 65.6 Å². The van der Waals surface area contributed by atoms with Crippen molar-refractivity contribution in [1.29, 1.82) is 0 Å². The summed E-state index contributed by atoms with van der Waals surface area (Å²) in [7, 11) is -2.08. The van der Waals surface area contributed by atoms with E-state index in [2.05, 4.69) is 5.32 Å². The number of nitrogens with one attached hydrogen (secondary N) is 1. The van der Waals surface area contributed by atoms with Gasteiger partial charge in [0.1, 0.15) is 6.04 Å². The molecule has 2 aromatic carbocycles. The van der Waals surface area contributed by atoms with Gasteiger partial charge in [-0.3, -0.25) is 9.59 Å². The van der Waals surface area contributed by atoms with Crippen LogP contribution in [-0.2, 0) is 26.0 Å². The maximum Gasteiger partial charge on any atom is 0.242 e. The molecule has 1 unspecified atom stereocenters. The Morgan fingerprint density at radius 1 is 0.939 bits per heavy atom. The van der Waals surface area contributed by atoms with E-state index < -0.39 is 16.1 Å². The fourth-order valence-corrected chi connectivity index (χ4v) is 4.91. The molecule has 0 saturated heterocycles. The molecule has 1 N–H and O–H groups in total. The molecular formula is C25H35N3O4S. The Morgan fingerprint density at radius 3 is 2.12 bits per heavy atom. The van der Waals surface area contributed by atoms with Crippen LogP contribution in [0.2, 0.25) is 0 Å². The van der Waals surface area contributed by atoms with Crippen LogP contribution >= 0.6 is 0 Å². The maximum atomic E-state index is 13.2. The first-order valence-electron chi connectivity index (χ1n) is 11.4. The Morgan fingerprint density at radius 2 is 1.55 bits per heavy atom. The lowest BCUT2D eigenvalue weighted by molar-refractivity contribution is -0.140. The van der Waals surface area contributed by atoms with Gasteiger partial charge in [-0.2, -0.15) is 0 Å². The van der Waals surface area contributed by atoms with E-state index in [-0.39, 0.29) is 29.7 Å². The van der Waals surface area contributed by atoms with Crippen LogP contribution in [0.5, 0.6) is 0 Å². The smallest absolute Gasteiger partial charge is 0.242 e. The van der Waals surface area contributed by atoms with Crippen LogP contribution in [0.1, 0.15) is 38.7 Å². The quantitative estimate of drug-likeness (QED) is 0.484. The first-order valence-corrected chi connectivity index (χ1v) is 12.9. The Bertz CT molecular complexity index is 981. The second kappa shape index (κ2) is 13.1. The zero-order valence-corrected chi connectivity index (χ0v) is 20.6. The van der Waals surface area contributed by atoms with E-state index in [0.717, 1.165) is 5.56 Å². The van der Waals surface area contributed by atoms with Gasteiger partial charge in [0.25, 0.3) is 0 Å². The topological polar surface area (TPSA) is 86.8 Å². The highest BCUT2D eigenvalue weighted by Gasteiger charge is 2.28. The second-order valence-corrected chi connectivity index (χ2v) is 9.93. The van der Waals surface area contributed by atoms with Crippen molar-refractivity contribution in [3.8, 4) is 0 Å². The average Bonchev–Trinajstić information content (AvgIpc) is 2.82. The van der Waals surface area contributed by atoms with Gasteiger partial charge in [0.15, 0.2) is 0 Å². The highest BCUT2D eigenvalue weighted by Crippen LogP contribution is 2.15. The van der Waals surface area contributed by atoms with Crippen LogP contribution in [0.25, 0.3) is 0 Å². The Labute approximate surface area is 197 Å². The van der Waals surface area contributed by atoms with E-state index in [4.69, 9.17) is 0 Å². The van der Waals surface area contributed by atoms with E-state index in [1.165, 1.54) is 11.4 Å². The summed E-state index contributed by atoms with van der Waals surface area (Å²) in [6.45, 7) is 4.88. The van der Waals surface area contributed by atoms with Gasteiger partial charge in [-0.25, -0.2) is 12.7 Å². The number of sulfonamides is 1. The fraction of sp³-hybridized carbons (Fsp3) is 0.440. The van der Waals surface area contributed by atoms with Crippen molar-refractivity contribution >= 4 is 21.8 Å². The Hall–Kier alpha value is -2.71. The summed E-state index contributed by atoms with van der Waals surface area (Å²) in [6, 6.07) is 17.5. The normalized spacial score (nSPS) is 12.4. The molecule has 2 amide bonds. The van der Waals surface area contributed by atoms with Crippen molar-refractivity contribution < 1.29 is 18.0 Å². The molecule has 0 heterocycles. The summed E-state index contributed by atoms with van der Waals surface area (Å²) in [5.41, 5.74) is 1.09. The summed E-state index contributed by atoms with van der Waals surface area (Å²) in [4.78, 5) is 27.6. The van der Waals surface area contributed by atoms with Crippen LogP contribution < -0.4 is 5.32 Å². The molecule has 0 radical (unpaired) electrons. The van der Waals surface area contributed by atoms with Gasteiger partial charge in [-0.05, 0) is 43.9 Å². The minimum absolute atomic E-state index is 0.144. The predicted molar refractivity (Wildman–Crippen MR) is 130 cm³/mol. The van der Waals surface area contributed by atoms with Gasteiger partial charge < -0.3 is 10.2 Å². The molecule has 0 aliphatic rings. The van der Waals surface area contributed by atoms with E-state index in [0.29, 0.717) is 32.4 Å². The summed E-state index contributed by atoms with van der Waals surface area (Å²) < 4.78 is 26.7. The minimum atomic E-state index is -3.60. The van der Waals surface area contributed by atoms with Gasteiger partial charge in [0, 0.05) is 33.1 Å². The summed E-state index contributed by atoms with van der Waals surface area (Å²) in [6.07, 6.45) is 1.69. The molecular weight excluding hydrogens is 438 g/mol. The fourth-order valence-electron chi connectivity index (χ4n) is 3.68. The van der Waals surface area contributed by atoms with E-state index in [9.17, 15) is 18.0 Å². The van der Waals surface area contributed by atoms with Gasteiger partial charge in [-0.1, -0.05) is 55.5 Å². The summed E-state index contributed by atoms with van der Waals surface area (Å²) in [5.74, 6) is -0.306. The third-order valence-corrected chi connectivity index (χ3v) is 7.41. The molecule has 0 spiro atoms. The number of carbonyl (C=O) groups excluding carboxylic acids is 2. The lowest BCUT2D eigenvalue weighted by Gasteiger charge is -2.31. The number of hydrogen-bond donors (Lipinski definition) is 1. The van der Waals surface area contributed by atoms with Gasteiger partial charge >= 0.3 is 0 Å². The first-order chi connectivity index (χ1) is 15.8. The number of carbonyl (C=O) groups is 2. The number of hydrogen-bond acceptors (Lipinski definition) is 4. The number of likely N-dealkylation sites (N-methyl/N-ethyl adjacent to an activating group) is 1. The predicted octanol–water partition coefficient (Wildman–Crippen LogP) is 3.07. The summed E-state index contributed by atoms with van der Waals surface area (Å²) in [5, 5.41) is 2.82. The van der Waals surface area contributed by atoms with Crippen molar-refractivity contribution in [1.82, 2.24) is 14.5 Å². The largest absolute Gasteiger partial charge is 0.355 e. The van der Waals surface area contributed by atoms with E-state index in [1.807, 2.05) is 44.2 Å². The second-order valence-electron chi connectivity index (χ2n) is 7.88. The molecule has 2 rings (SSSR count). The zero-order valence-electron chi connectivity index (χ0n) is 19.7. The minimum Gasteiger partial charge on any atom is -0.355 e. The Balaban J connectivity index is 2.04. The molecule has 0 aliphatic heterocycles. The van der Waals surface area contributed by atoms with Gasteiger partial charge in [0.2, 0.25) is 21.8 Å². The molecule has 8 heteroatoms. The highest BCUT2D eigenvalue weighted by molar-refractivity contribution is 7.89. The van der Waals surface area contributed by atoms with Gasteiger partial charge in [-0.15, -0.1) is 0 Å². The summed E-state index contributed by atoms with van der Waals surface area (Å²) >= 11 is 0. The highest BCUT2D eigenvalue weighted by atomic mass is 32.2. The molecule has 0 bridgehead atoms. The third kappa shape index (κ3) is 7.68. The molecule has 0 aromatic heterocycles. The van der Waals surface area contributed by atoms with Crippen molar-refractivity contribution in [2.24, 2.45) is 0 Å². The Kier molecular flexibility index (Phi) is 10.5. The maximum absolute atomic E-state index is 13.2. The van der Waals surface area contributed by atoms with Crippen LogP contribution in [0.4, 0.5) is 0 Å². The SMILES string of the molecule is CCNC(=O)C(CC)N(CCc1ccccc1)C(=O)CCCN(C)S(=O)(=O)c1ccccc1. The number of rotatable bonds is 13. The van der Waals surface area contributed by atoms with Crippen LogP contribution in [0, 0.1) is 0 Å². The molecule has 0 aliphatic carbocycles. The lowest BCUT2D eigenvalue weighted by atomic mass is 10.1. The monoisotopic (exact) mass is 473 g/mol. The van der Waals surface area contributed by atoms with Crippen molar-refractivity contribution in [3.63, 3.8) is 0 Å². The van der Waals surface area contributed by atoms with Crippen LogP contribution in [-0.4, -0.2) is 62.2 Å². The number of amides is 2. The number of nitrogens with zero attached hydrogens (tertiary/aromatic N) is 2. The molecule has 2 aromatic rings. The molecule has 0 fully saturated rings. The molecule has 180 valence electrons. The number of benzene rings is 2. The molecule has 1 atom stereocenters. The first kappa shape index (κ1) is 26.5. The standard InChI is InChI=1S/C25H35N3O4S/c1-4-23(25(30)26-5-2)28(20-18-21-13-8-6-9-14-21)24(29)17-12-19-27(3)33(31,32)22-15-10-7-11-16-22/h6-11,13-16,23H,4-5,12,17-20H2,1-3H3,(H,26,30). The molecule has 33 heavy (non-hydrogen) atoms. The van der Waals surface area contributed by atoms with E-state index >= 15 is 0 Å². The van der Waals surface area contributed by atoms with Crippen molar-refractivity contribution in [3.05, 3.63) is 66.2 Å². The van der Waals surface area contributed by atoms with Gasteiger partial charge in [0.05, 0.1) is 4.90 Å². The average molecular weight is 474 g/mol.